The largest absolute Gasteiger partial charge is 0.454 e. The molecule has 0 unspecified atom stereocenters. The minimum atomic E-state index is -1.27. The highest BCUT2D eigenvalue weighted by Gasteiger charge is 2.49. The molecule has 2 aliphatic heterocycles. The van der Waals surface area contributed by atoms with Crippen LogP contribution in [0.1, 0.15) is 17.4 Å². The molecule has 0 spiro atoms. The molecule has 27 heavy (non-hydrogen) atoms. The predicted octanol–water partition coefficient (Wildman–Crippen LogP) is 1.56. The van der Waals surface area contributed by atoms with Crippen LogP contribution in [0.5, 0.6) is 11.5 Å². The smallest absolute Gasteiger partial charge is 0.325 e. The number of urea groups is 1. The molecule has 2 aromatic rings. The normalized spacial score (nSPS) is 20.7. The first-order valence-corrected chi connectivity index (χ1v) is 9.18. The highest BCUT2D eigenvalue weighted by Crippen LogP contribution is 2.37. The minimum absolute atomic E-state index is 0.117. The monoisotopic (exact) mass is 387 g/mol. The molecule has 140 valence electrons. The second kappa shape index (κ2) is 6.58. The Labute approximate surface area is 159 Å². The lowest BCUT2D eigenvalue weighted by Crippen LogP contribution is -2.43. The number of benzene rings is 1. The van der Waals surface area contributed by atoms with Crippen molar-refractivity contribution in [2.75, 3.05) is 13.3 Å². The Hall–Kier alpha value is -3.07. The van der Waals surface area contributed by atoms with Crippen LogP contribution >= 0.6 is 11.3 Å². The molecule has 1 aromatic carbocycles. The van der Waals surface area contributed by atoms with Gasteiger partial charge in [-0.15, -0.1) is 11.3 Å². The summed E-state index contributed by atoms with van der Waals surface area (Å²) in [5.41, 5.74) is -0.710. The van der Waals surface area contributed by atoms with Crippen molar-refractivity contribution in [2.24, 2.45) is 0 Å². The van der Waals surface area contributed by atoms with E-state index in [0.29, 0.717) is 23.6 Å². The van der Waals surface area contributed by atoms with Gasteiger partial charge < -0.3 is 20.1 Å². The Morgan fingerprint density at radius 1 is 1.30 bits per heavy atom. The third kappa shape index (κ3) is 3.10. The summed E-state index contributed by atoms with van der Waals surface area (Å²) in [4.78, 5) is 39.3. The number of rotatable bonds is 5. The second-order valence-electron chi connectivity index (χ2n) is 6.37. The number of carbonyl (C=O) groups excluding carboxylic acids is 3. The van der Waals surface area contributed by atoms with Crippen LogP contribution in [0.15, 0.2) is 35.7 Å². The number of ether oxygens (including phenoxy) is 2. The van der Waals surface area contributed by atoms with E-state index in [9.17, 15) is 14.4 Å². The van der Waals surface area contributed by atoms with Crippen LogP contribution in [0.2, 0.25) is 0 Å². The lowest BCUT2D eigenvalue weighted by atomic mass is 9.91. The van der Waals surface area contributed by atoms with Gasteiger partial charge in [-0.1, -0.05) is 12.1 Å². The first kappa shape index (κ1) is 17.3. The standard InChI is InChI=1S/C18H17N3O5S/c1-18(11-4-5-13-14(7-11)26-10-25-13)16(23)21(17(24)20-18)9-15(22)19-8-12-3-2-6-27-12/h2-7H,8-10H2,1H3,(H,19,22)(H,20,24)/t18-/m0/s1. The zero-order valence-corrected chi connectivity index (χ0v) is 15.3. The van der Waals surface area contributed by atoms with Crippen LogP contribution in [0.4, 0.5) is 4.79 Å². The highest BCUT2D eigenvalue weighted by atomic mass is 32.1. The van der Waals surface area contributed by atoms with E-state index in [1.165, 1.54) is 11.3 Å². The number of carbonyl (C=O) groups is 3. The van der Waals surface area contributed by atoms with Gasteiger partial charge in [0.15, 0.2) is 11.5 Å². The molecule has 2 N–H and O–H groups in total. The summed E-state index contributed by atoms with van der Waals surface area (Å²) in [5.74, 6) is 0.214. The number of hydrogen-bond acceptors (Lipinski definition) is 6. The molecule has 1 saturated heterocycles. The number of fused-ring (bicyclic) bond motifs is 1. The van der Waals surface area contributed by atoms with E-state index in [1.807, 2.05) is 17.5 Å². The first-order valence-electron chi connectivity index (χ1n) is 8.31. The average Bonchev–Trinajstić information content (AvgIpc) is 3.37. The molecule has 8 nitrogen and oxygen atoms in total. The van der Waals surface area contributed by atoms with Gasteiger partial charge in [0.25, 0.3) is 5.91 Å². The minimum Gasteiger partial charge on any atom is -0.454 e. The van der Waals surface area contributed by atoms with Gasteiger partial charge in [0.2, 0.25) is 12.7 Å². The topological polar surface area (TPSA) is 97.0 Å². The number of amides is 4. The van der Waals surface area contributed by atoms with Gasteiger partial charge in [-0.25, -0.2) is 4.79 Å². The van der Waals surface area contributed by atoms with Crippen molar-refractivity contribution in [3.63, 3.8) is 0 Å². The Morgan fingerprint density at radius 3 is 2.89 bits per heavy atom. The molecule has 9 heteroatoms. The number of thiophene rings is 1. The van der Waals surface area contributed by atoms with Crippen molar-refractivity contribution in [3.05, 3.63) is 46.2 Å². The van der Waals surface area contributed by atoms with E-state index in [4.69, 9.17) is 9.47 Å². The summed E-state index contributed by atoms with van der Waals surface area (Å²) in [6.07, 6.45) is 0. The zero-order valence-electron chi connectivity index (χ0n) is 14.5. The summed E-state index contributed by atoms with van der Waals surface area (Å²) >= 11 is 1.52. The summed E-state index contributed by atoms with van der Waals surface area (Å²) in [6, 6.07) is 8.24. The quantitative estimate of drug-likeness (QED) is 0.759. The molecule has 1 fully saturated rings. The molecule has 0 radical (unpaired) electrons. The Bertz CT molecular complexity index is 914. The lowest BCUT2D eigenvalue weighted by Gasteiger charge is -2.22. The number of imide groups is 1. The van der Waals surface area contributed by atoms with Crippen molar-refractivity contribution in [1.82, 2.24) is 15.5 Å². The van der Waals surface area contributed by atoms with Crippen LogP contribution in [-0.2, 0) is 21.7 Å². The maximum absolute atomic E-state index is 12.9. The number of nitrogens with one attached hydrogen (secondary N) is 2. The summed E-state index contributed by atoms with van der Waals surface area (Å²) in [6.45, 7) is 1.75. The van der Waals surface area contributed by atoms with Gasteiger partial charge in [-0.2, -0.15) is 0 Å². The Balaban J connectivity index is 1.47. The van der Waals surface area contributed by atoms with E-state index in [-0.39, 0.29) is 13.3 Å². The Morgan fingerprint density at radius 2 is 2.11 bits per heavy atom. The van der Waals surface area contributed by atoms with Crippen molar-refractivity contribution >= 4 is 29.2 Å². The first-order chi connectivity index (χ1) is 13.0. The summed E-state index contributed by atoms with van der Waals surface area (Å²) in [5, 5.41) is 7.30. The van der Waals surface area contributed by atoms with E-state index in [1.54, 1.807) is 25.1 Å². The third-order valence-electron chi connectivity index (χ3n) is 4.57. The SMILES string of the molecule is C[C@@]1(c2ccc3c(c2)OCO3)NC(=O)N(CC(=O)NCc2cccs2)C1=O. The molecule has 2 aliphatic rings. The zero-order chi connectivity index (χ0) is 19.0. The molecule has 4 rings (SSSR count). The van der Waals surface area contributed by atoms with Crippen molar-refractivity contribution < 1.29 is 23.9 Å². The second-order valence-corrected chi connectivity index (χ2v) is 7.40. The molecule has 0 bridgehead atoms. The molecule has 0 aliphatic carbocycles. The maximum Gasteiger partial charge on any atom is 0.325 e. The lowest BCUT2D eigenvalue weighted by molar-refractivity contribution is -0.134. The molecular weight excluding hydrogens is 370 g/mol. The van der Waals surface area contributed by atoms with E-state index >= 15 is 0 Å². The van der Waals surface area contributed by atoms with Crippen LogP contribution in [0.25, 0.3) is 0 Å². The number of nitrogens with zero attached hydrogens (tertiary/aromatic N) is 1. The van der Waals surface area contributed by atoms with Crippen LogP contribution in [-0.4, -0.2) is 36.1 Å². The maximum atomic E-state index is 12.9. The van der Waals surface area contributed by atoms with Crippen molar-refractivity contribution in [2.45, 2.75) is 19.0 Å². The number of hydrogen-bond donors (Lipinski definition) is 2. The summed E-state index contributed by atoms with van der Waals surface area (Å²) < 4.78 is 10.6. The van der Waals surface area contributed by atoms with Gasteiger partial charge in [-0.05, 0) is 36.1 Å². The predicted molar refractivity (Wildman–Crippen MR) is 96.3 cm³/mol. The fraction of sp³-hybridized carbons (Fsp3) is 0.278. The van der Waals surface area contributed by atoms with Gasteiger partial charge in [0.1, 0.15) is 12.1 Å². The molecule has 1 atom stereocenters. The van der Waals surface area contributed by atoms with E-state index in [0.717, 1.165) is 9.78 Å². The van der Waals surface area contributed by atoms with Crippen LogP contribution in [0.3, 0.4) is 0 Å². The van der Waals surface area contributed by atoms with Crippen molar-refractivity contribution in [3.8, 4) is 11.5 Å². The molecule has 1 aromatic heterocycles. The van der Waals surface area contributed by atoms with Gasteiger partial charge in [0.05, 0.1) is 6.54 Å². The van der Waals surface area contributed by atoms with E-state index < -0.39 is 23.4 Å². The van der Waals surface area contributed by atoms with Crippen molar-refractivity contribution in [1.29, 1.82) is 0 Å². The van der Waals surface area contributed by atoms with Gasteiger partial charge in [-0.3, -0.25) is 14.5 Å². The Kier molecular flexibility index (Phi) is 4.23. The molecule has 4 amide bonds. The average molecular weight is 387 g/mol. The van der Waals surface area contributed by atoms with Crippen LogP contribution < -0.4 is 20.1 Å². The highest BCUT2D eigenvalue weighted by molar-refractivity contribution is 7.09. The van der Waals surface area contributed by atoms with Gasteiger partial charge in [0, 0.05) is 4.88 Å². The summed E-state index contributed by atoms with van der Waals surface area (Å²) in [7, 11) is 0. The fourth-order valence-corrected chi connectivity index (χ4v) is 3.69. The molecular formula is C18H17N3O5S. The van der Waals surface area contributed by atoms with E-state index in [2.05, 4.69) is 10.6 Å². The molecule has 0 saturated carbocycles. The third-order valence-corrected chi connectivity index (χ3v) is 5.44. The van der Waals surface area contributed by atoms with Gasteiger partial charge >= 0.3 is 6.03 Å². The fourth-order valence-electron chi connectivity index (χ4n) is 3.04. The van der Waals surface area contributed by atoms with Crippen LogP contribution in [0, 0.1) is 0 Å². The molecule has 3 heterocycles.